The number of piperidine rings is 1. The number of aryl methyl sites for hydroxylation is 1. The molecule has 8 rings (SSSR count). The Morgan fingerprint density at radius 2 is 1.86 bits per heavy atom. The van der Waals surface area contributed by atoms with Crippen LogP contribution < -0.4 is 5.69 Å². The van der Waals surface area contributed by atoms with Crippen LogP contribution in [-0.2, 0) is 6.54 Å². The third kappa shape index (κ3) is 4.34. The van der Waals surface area contributed by atoms with Crippen LogP contribution in [0, 0.1) is 12.7 Å². The summed E-state index contributed by atoms with van der Waals surface area (Å²) in [7, 11) is 0. The van der Waals surface area contributed by atoms with E-state index in [1.165, 1.54) is 22.6 Å². The minimum atomic E-state index is -0.289. The number of halogens is 1. The fraction of sp³-hybridized carbons (Fsp3) is 0.312. The van der Waals surface area contributed by atoms with Gasteiger partial charge in [-0.05, 0) is 86.5 Å². The molecule has 9 nitrogen and oxygen atoms in total. The normalized spacial score (nSPS) is 17.9. The van der Waals surface area contributed by atoms with Gasteiger partial charge in [0, 0.05) is 42.9 Å². The zero-order valence-corrected chi connectivity index (χ0v) is 23.3. The minimum Gasteiger partial charge on any atom is -0.313 e. The molecule has 0 radical (unpaired) electrons. The van der Waals surface area contributed by atoms with Gasteiger partial charge >= 0.3 is 5.69 Å². The molecule has 4 aromatic heterocycles. The van der Waals surface area contributed by atoms with Gasteiger partial charge < -0.3 is 14.5 Å². The van der Waals surface area contributed by atoms with Crippen LogP contribution in [-0.4, -0.2) is 52.3 Å². The quantitative estimate of drug-likeness (QED) is 0.280. The molecular weight excluding hydrogens is 531 g/mol. The maximum Gasteiger partial charge on any atom is 0.323 e. The lowest BCUT2D eigenvalue weighted by Crippen LogP contribution is -2.33. The van der Waals surface area contributed by atoms with Gasteiger partial charge in [0.2, 0.25) is 0 Å². The summed E-state index contributed by atoms with van der Waals surface area (Å²) in [6.07, 6.45) is 10.3. The van der Waals surface area contributed by atoms with Gasteiger partial charge in [0.1, 0.15) is 17.5 Å². The van der Waals surface area contributed by atoms with Crippen molar-refractivity contribution < 1.29 is 4.39 Å². The average Bonchev–Trinajstić information content (AvgIpc) is 3.50. The lowest BCUT2D eigenvalue weighted by Gasteiger charge is -2.32. The Morgan fingerprint density at radius 1 is 0.976 bits per heavy atom. The van der Waals surface area contributed by atoms with Crippen molar-refractivity contribution in [3.63, 3.8) is 0 Å². The average molecular weight is 563 g/mol. The minimum absolute atomic E-state index is 0.182. The number of benzene rings is 2. The highest BCUT2D eigenvalue weighted by Crippen LogP contribution is 2.41. The maximum absolute atomic E-state index is 14.8. The van der Waals surface area contributed by atoms with Gasteiger partial charge in [0.05, 0.1) is 34.1 Å². The van der Waals surface area contributed by atoms with E-state index in [4.69, 9.17) is 0 Å². The number of aromatic nitrogens is 7. The summed E-state index contributed by atoms with van der Waals surface area (Å²) in [4.78, 5) is 24.4. The van der Waals surface area contributed by atoms with Gasteiger partial charge in [0.25, 0.3) is 0 Å². The maximum atomic E-state index is 14.8. The zero-order chi connectivity index (χ0) is 28.4. The first-order valence-corrected chi connectivity index (χ1v) is 14.6. The first-order valence-electron chi connectivity index (χ1n) is 14.6. The van der Waals surface area contributed by atoms with Gasteiger partial charge in [-0.15, -0.1) is 10.2 Å². The number of imidazole rings is 1. The summed E-state index contributed by atoms with van der Waals surface area (Å²) in [5.41, 5.74) is 6.56. The summed E-state index contributed by atoms with van der Waals surface area (Å²) in [6, 6.07) is 13.2. The second-order valence-electron chi connectivity index (χ2n) is 11.7. The van der Waals surface area contributed by atoms with Crippen LogP contribution in [0.3, 0.4) is 0 Å². The van der Waals surface area contributed by atoms with Gasteiger partial charge in [0.15, 0.2) is 0 Å². The second kappa shape index (κ2) is 9.77. The molecule has 2 aromatic carbocycles. The molecule has 1 aliphatic heterocycles. The molecular formula is C32H31FN8O. The highest BCUT2D eigenvalue weighted by Gasteiger charge is 2.31. The number of pyridine rings is 1. The Labute approximate surface area is 241 Å². The van der Waals surface area contributed by atoms with Crippen LogP contribution >= 0.6 is 0 Å². The van der Waals surface area contributed by atoms with Crippen molar-refractivity contribution in [2.24, 2.45) is 0 Å². The molecule has 2 N–H and O–H groups in total. The van der Waals surface area contributed by atoms with Crippen LogP contribution in [0.25, 0.3) is 33.3 Å². The Bertz CT molecular complexity index is 2010. The van der Waals surface area contributed by atoms with E-state index in [0.717, 1.165) is 84.9 Å². The number of rotatable bonds is 6. The first-order chi connectivity index (χ1) is 20.5. The van der Waals surface area contributed by atoms with E-state index < -0.39 is 0 Å². The van der Waals surface area contributed by atoms with Crippen molar-refractivity contribution in [1.82, 2.24) is 39.2 Å². The van der Waals surface area contributed by atoms with Crippen LogP contribution in [0.1, 0.15) is 60.3 Å². The summed E-state index contributed by atoms with van der Waals surface area (Å²) >= 11 is 0. The smallest absolute Gasteiger partial charge is 0.313 e. The predicted molar refractivity (Wildman–Crippen MR) is 159 cm³/mol. The summed E-state index contributed by atoms with van der Waals surface area (Å²) in [6.45, 7) is 4.70. The van der Waals surface area contributed by atoms with E-state index in [9.17, 15) is 9.18 Å². The zero-order valence-electron chi connectivity index (χ0n) is 23.3. The Kier molecular flexibility index (Phi) is 5.85. The summed E-state index contributed by atoms with van der Waals surface area (Å²) < 4.78 is 18.9. The fourth-order valence-corrected chi connectivity index (χ4v) is 6.68. The van der Waals surface area contributed by atoms with E-state index in [2.05, 4.69) is 59.0 Å². The number of nitrogens with one attached hydrogen (secondary N) is 2. The van der Waals surface area contributed by atoms with Crippen LogP contribution in [0.5, 0.6) is 0 Å². The molecule has 5 heterocycles. The van der Waals surface area contributed by atoms with Crippen LogP contribution in [0.15, 0.2) is 65.8 Å². The molecule has 1 saturated carbocycles. The topological polar surface area (TPSA) is 100 Å². The van der Waals surface area contributed by atoms with Crippen molar-refractivity contribution >= 4 is 21.9 Å². The van der Waals surface area contributed by atoms with Crippen molar-refractivity contribution in [2.75, 3.05) is 13.1 Å². The molecule has 1 unspecified atom stereocenters. The molecule has 1 atom stereocenters. The molecule has 212 valence electrons. The third-order valence-electron chi connectivity index (χ3n) is 8.80. The van der Waals surface area contributed by atoms with Crippen molar-refractivity contribution in [3.05, 3.63) is 100 Å². The first kappa shape index (κ1) is 25.2. The molecule has 2 aliphatic rings. The summed E-state index contributed by atoms with van der Waals surface area (Å²) in [5, 5.41) is 10.00. The van der Waals surface area contributed by atoms with E-state index in [1.54, 1.807) is 6.07 Å². The predicted octanol–water partition coefficient (Wildman–Crippen LogP) is 5.48. The highest BCUT2D eigenvalue weighted by atomic mass is 19.1. The number of nitrogens with zero attached hydrogens (tertiary/aromatic N) is 6. The van der Waals surface area contributed by atoms with Gasteiger partial charge in [-0.1, -0.05) is 6.07 Å². The lowest BCUT2D eigenvalue weighted by atomic mass is 9.90. The molecule has 0 amide bonds. The number of likely N-dealkylation sites (tertiary alicyclic amines) is 1. The van der Waals surface area contributed by atoms with E-state index in [1.807, 2.05) is 36.0 Å². The standard InChI is InChI=1S/C32H31FN8O/c1-19-37-38-31(21-5-6-21)41(19)29-14-23(33)7-9-28(29)40-18-25(24-10-11-34-15-30(24)40)22-3-2-12-39(17-22)16-20-4-8-26-27(13-20)36-32(42)35-26/h4,7-11,13-15,18,21-22H,2-3,5-6,12,16-17H2,1H3,(H2,35,36,42). The largest absolute Gasteiger partial charge is 0.323 e. The molecule has 2 fully saturated rings. The fourth-order valence-electron chi connectivity index (χ4n) is 6.68. The van der Waals surface area contributed by atoms with Crippen molar-refractivity contribution in [1.29, 1.82) is 0 Å². The van der Waals surface area contributed by atoms with Crippen molar-refractivity contribution in [3.8, 4) is 11.4 Å². The molecule has 6 aromatic rings. The monoisotopic (exact) mass is 562 g/mol. The Balaban J connectivity index is 1.17. The number of hydrogen-bond donors (Lipinski definition) is 2. The molecule has 1 aliphatic carbocycles. The number of fused-ring (bicyclic) bond motifs is 2. The van der Waals surface area contributed by atoms with E-state index >= 15 is 0 Å². The number of aromatic amines is 2. The highest BCUT2D eigenvalue weighted by molar-refractivity contribution is 5.86. The molecule has 0 spiro atoms. The number of H-pyrrole nitrogens is 2. The van der Waals surface area contributed by atoms with Crippen molar-refractivity contribution in [2.45, 2.75) is 51.0 Å². The third-order valence-corrected chi connectivity index (χ3v) is 8.80. The lowest BCUT2D eigenvalue weighted by molar-refractivity contribution is 0.201. The molecule has 10 heteroatoms. The van der Waals surface area contributed by atoms with Crippen LogP contribution in [0.4, 0.5) is 4.39 Å². The molecule has 42 heavy (non-hydrogen) atoms. The van der Waals surface area contributed by atoms with Gasteiger partial charge in [-0.3, -0.25) is 14.5 Å². The van der Waals surface area contributed by atoms with Gasteiger partial charge in [-0.25, -0.2) is 9.18 Å². The SMILES string of the molecule is Cc1nnc(C2CC2)n1-c1cc(F)ccc1-n1cc(C2CCCN(Cc3ccc4[nH]c(=O)[nH]c4c3)C2)c2ccncc21. The Morgan fingerprint density at radius 3 is 2.74 bits per heavy atom. The molecule has 1 saturated heterocycles. The van der Waals surface area contributed by atoms with Gasteiger partial charge in [-0.2, -0.15) is 0 Å². The summed E-state index contributed by atoms with van der Waals surface area (Å²) in [5.74, 6) is 2.07. The second-order valence-corrected chi connectivity index (χ2v) is 11.7. The van der Waals surface area contributed by atoms with E-state index in [0.29, 0.717) is 11.8 Å². The molecule has 0 bridgehead atoms. The van der Waals surface area contributed by atoms with Crippen LogP contribution in [0.2, 0.25) is 0 Å². The Hall–Kier alpha value is -4.57. The number of hydrogen-bond acceptors (Lipinski definition) is 5. The van der Waals surface area contributed by atoms with E-state index in [-0.39, 0.29) is 11.5 Å².